The Balaban J connectivity index is 1.66. The van der Waals surface area contributed by atoms with Gasteiger partial charge in [0.1, 0.15) is 21.3 Å². The van der Waals surface area contributed by atoms with Crippen LogP contribution in [-0.2, 0) is 11.3 Å². The van der Waals surface area contributed by atoms with Gasteiger partial charge in [-0.3, -0.25) is 0 Å². The number of nitrogens with one attached hydrogen (secondary N) is 1. The van der Waals surface area contributed by atoms with Crippen molar-refractivity contribution in [3.05, 3.63) is 46.1 Å². The van der Waals surface area contributed by atoms with Gasteiger partial charge in [0, 0.05) is 25.3 Å². The molecule has 4 rings (SSSR count). The number of hydrogen-bond acceptors (Lipinski definition) is 7. The summed E-state index contributed by atoms with van der Waals surface area (Å²) >= 11 is 1.37. The molecule has 3 aromatic rings. The van der Waals surface area contributed by atoms with Crippen LogP contribution >= 0.6 is 11.3 Å². The lowest BCUT2D eigenvalue weighted by molar-refractivity contribution is 0.0531. The van der Waals surface area contributed by atoms with Crippen LogP contribution in [0.25, 0.3) is 10.2 Å². The van der Waals surface area contributed by atoms with Crippen LogP contribution in [0.4, 0.5) is 11.5 Å². The zero-order chi connectivity index (χ0) is 20.4. The summed E-state index contributed by atoms with van der Waals surface area (Å²) in [5, 5.41) is 4.42. The lowest BCUT2D eigenvalue weighted by Gasteiger charge is -2.21. The van der Waals surface area contributed by atoms with Crippen molar-refractivity contribution < 1.29 is 9.53 Å². The first kappa shape index (κ1) is 19.6. The number of nitrogens with zero attached hydrogens (tertiary/aromatic N) is 3. The van der Waals surface area contributed by atoms with Gasteiger partial charge in [0.25, 0.3) is 0 Å². The van der Waals surface area contributed by atoms with E-state index in [9.17, 15) is 4.79 Å². The van der Waals surface area contributed by atoms with Crippen LogP contribution in [0.1, 0.15) is 46.4 Å². The summed E-state index contributed by atoms with van der Waals surface area (Å²) in [5.74, 6) is 1.16. The van der Waals surface area contributed by atoms with Crippen LogP contribution in [-0.4, -0.2) is 35.6 Å². The first-order valence-electron chi connectivity index (χ1n) is 10.1. The fourth-order valence-electron chi connectivity index (χ4n) is 3.87. The van der Waals surface area contributed by atoms with Crippen molar-refractivity contribution in [2.45, 2.75) is 40.2 Å². The second-order valence-corrected chi connectivity index (χ2v) is 8.25. The minimum Gasteiger partial charge on any atom is -0.462 e. The Kier molecular flexibility index (Phi) is 5.67. The van der Waals surface area contributed by atoms with Crippen molar-refractivity contribution in [2.75, 3.05) is 29.9 Å². The van der Waals surface area contributed by atoms with Crippen molar-refractivity contribution in [1.29, 1.82) is 0 Å². The molecule has 0 radical (unpaired) electrons. The van der Waals surface area contributed by atoms with Gasteiger partial charge in [0.2, 0.25) is 0 Å². The quantitative estimate of drug-likeness (QED) is 0.594. The first-order valence-corrected chi connectivity index (χ1v) is 10.9. The van der Waals surface area contributed by atoms with E-state index < -0.39 is 0 Å². The monoisotopic (exact) mass is 410 g/mol. The van der Waals surface area contributed by atoms with Gasteiger partial charge in [0.05, 0.1) is 12.0 Å². The predicted octanol–water partition coefficient (Wildman–Crippen LogP) is 4.70. The van der Waals surface area contributed by atoms with E-state index in [1.807, 2.05) is 20.8 Å². The molecule has 0 saturated carbocycles. The molecule has 0 bridgehead atoms. The molecular formula is C22H26N4O2S. The molecule has 7 heteroatoms. The highest BCUT2D eigenvalue weighted by atomic mass is 32.1. The standard InChI is InChI=1S/C22H26N4O2S/c1-4-28-22(27)19-14(2)18-20(24-15(3)25-21(18)29-19)23-13-16-9-5-6-10-17(16)26-11-7-8-12-26/h5-6,9-10H,4,7-8,11-13H2,1-3H3,(H,23,24,25). The van der Waals surface area contributed by atoms with Gasteiger partial charge in [-0.1, -0.05) is 18.2 Å². The third kappa shape index (κ3) is 3.92. The van der Waals surface area contributed by atoms with E-state index in [1.54, 1.807) is 0 Å². The average Bonchev–Trinajstić information content (AvgIpc) is 3.35. The van der Waals surface area contributed by atoms with Crippen molar-refractivity contribution in [3.63, 3.8) is 0 Å². The number of esters is 1. The molecule has 3 heterocycles. The fourth-order valence-corrected chi connectivity index (χ4v) is 4.99. The molecule has 1 aromatic carbocycles. The Bertz CT molecular complexity index is 1040. The topological polar surface area (TPSA) is 67.3 Å². The third-order valence-electron chi connectivity index (χ3n) is 5.25. The van der Waals surface area contributed by atoms with Crippen molar-refractivity contribution in [1.82, 2.24) is 9.97 Å². The summed E-state index contributed by atoms with van der Waals surface area (Å²) < 4.78 is 5.21. The zero-order valence-electron chi connectivity index (χ0n) is 17.1. The maximum atomic E-state index is 12.3. The number of aryl methyl sites for hydroxylation is 2. The average molecular weight is 411 g/mol. The number of carbonyl (C=O) groups is 1. The second kappa shape index (κ2) is 8.37. The number of fused-ring (bicyclic) bond motifs is 1. The van der Waals surface area contributed by atoms with Crippen LogP contribution in [0.2, 0.25) is 0 Å². The van der Waals surface area contributed by atoms with Crippen molar-refractivity contribution >= 4 is 39.0 Å². The Hall–Kier alpha value is -2.67. The van der Waals surface area contributed by atoms with Crippen LogP contribution < -0.4 is 10.2 Å². The van der Waals surface area contributed by atoms with Crippen LogP contribution in [0, 0.1) is 13.8 Å². The maximum absolute atomic E-state index is 12.3. The van der Waals surface area contributed by atoms with Gasteiger partial charge in [-0.05, 0) is 50.8 Å². The molecule has 1 saturated heterocycles. The molecular weight excluding hydrogens is 384 g/mol. The molecule has 0 unspecified atom stereocenters. The molecule has 29 heavy (non-hydrogen) atoms. The van der Waals surface area contributed by atoms with Gasteiger partial charge < -0.3 is 15.0 Å². The van der Waals surface area contributed by atoms with Crippen LogP contribution in [0.5, 0.6) is 0 Å². The highest BCUT2D eigenvalue weighted by molar-refractivity contribution is 7.20. The third-order valence-corrected chi connectivity index (χ3v) is 6.41. The van der Waals surface area contributed by atoms with Gasteiger partial charge in [-0.25, -0.2) is 14.8 Å². The molecule has 6 nitrogen and oxygen atoms in total. The fraction of sp³-hybridized carbons (Fsp3) is 0.409. The SMILES string of the molecule is CCOC(=O)c1sc2nc(C)nc(NCc3ccccc3N3CCCC3)c2c1C. The molecule has 1 fully saturated rings. The molecule has 0 atom stereocenters. The van der Waals surface area contributed by atoms with E-state index in [0.717, 1.165) is 34.7 Å². The Morgan fingerprint density at radius 2 is 1.97 bits per heavy atom. The molecule has 0 amide bonds. The predicted molar refractivity (Wildman–Crippen MR) is 118 cm³/mol. The summed E-state index contributed by atoms with van der Waals surface area (Å²) in [4.78, 5) is 25.4. The maximum Gasteiger partial charge on any atom is 0.348 e. The van der Waals surface area contributed by atoms with E-state index >= 15 is 0 Å². The lowest BCUT2D eigenvalue weighted by atomic mass is 10.1. The molecule has 2 aromatic heterocycles. The molecule has 1 aliphatic rings. The smallest absolute Gasteiger partial charge is 0.348 e. The second-order valence-electron chi connectivity index (χ2n) is 7.25. The Morgan fingerprint density at radius 3 is 2.72 bits per heavy atom. The largest absolute Gasteiger partial charge is 0.462 e. The van der Waals surface area contributed by atoms with Crippen LogP contribution in [0.15, 0.2) is 24.3 Å². The number of para-hydroxylation sites is 1. The molecule has 0 aliphatic carbocycles. The number of hydrogen-bond donors (Lipinski definition) is 1. The summed E-state index contributed by atoms with van der Waals surface area (Å²) in [6.45, 7) is 8.88. The van der Waals surface area contributed by atoms with Crippen molar-refractivity contribution in [2.24, 2.45) is 0 Å². The minimum atomic E-state index is -0.295. The van der Waals surface area contributed by atoms with Gasteiger partial charge in [-0.15, -0.1) is 11.3 Å². The van der Waals surface area contributed by atoms with Crippen molar-refractivity contribution in [3.8, 4) is 0 Å². The van der Waals surface area contributed by atoms with Gasteiger partial charge in [0.15, 0.2) is 0 Å². The summed E-state index contributed by atoms with van der Waals surface area (Å²) in [7, 11) is 0. The number of anilines is 2. The summed E-state index contributed by atoms with van der Waals surface area (Å²) in [6, 6.07) is 8.53. The Morgan fingerprint density at radius 1 is 1.21 bits per heavy atom. The molecule has 152 valence electrons. The van der Waals surface area contributed by atoms with E-state index in [2.05, 4.69) is 44.5 Å². The zero-order valence-corrected chi connectivity index (χ0v) is 17.9. The molecule has 1 aliphatic heterocycles. The minimum absolute atomic E-state index is 0.295. The number of thiophene rings is 1. The Labute approximate surface area is 174 Å². The molecule has 1 N–H and O–H groups in total. The van der Waals surface area contributed by atoms with E-state index in [-0.39, 0.29) is 5.97 Å². The first-order chi connectivity index (χ1) is 14.1. The van der Waals surface area contributed by atoms with E-state index in [1.165, 1.54) is 35.4 Å². The number of benzene rings is 1. The number of aromatic nitrogens is 2. The normalized spacial score (nSPS) is 13.8. The number of rotatable bonds is 6. The van der Waals surface area contributed by atoms with Crippen LogP contribution in [0.3, 0.4) is 0 Å². The van der Waals surface area contributed by atoms with Gasteiger partial charge in [-0.2, -0.15) is 0 Å². The summed E-state index contributed by atoms with van der Waals surface area (Å²) in [5.41, 5.74) is 3.41. The van der Waals surface area contributed by atoms with E-state index in [0.29, 0.717) is 23.9 Å². The number of carbonyl (C=O) groups excluding carboxylic acids is 1. The highest BCUT2D eigenvalue weighted by Crippen LogP contribution is 2.35. The number of ether oxygens (including phenoxy) is 1. The van der Waals surface area contributed by atoms with E-state index in [4.69, 9.17) is 4.74 Å². The molecule has 0 spiro atoms. The highest BCUT2D eigenvalue weighted by Gasteiger charge is 2.21. The lowest BCUT2D eigenvalue weighted by Crippen LogP contribution is -2.20. The van der Waals surface area contributed by atoms with Gasteiger partial charge >= 0.3 is 5.97 Å². The summed E-state index contributed by atoms with van der Waals surface area (Å²) in [6.07, 6.45) is 2.50.